The Labute approximate surface area is 234 Å². The third-order valence-electron chi connectivity index (χ3n) is 9.17. The summed E-state index contributed by atoms with van der Waals surface area (Å²) in [4.78, 5) is 24.5. The highest BCUT2D eigenvalue weighted by atomic mass is 15.3. The van der Waals surface area contributed by atoms with E-state index in [9.17, 15) is 0 Å². The van der Waals surface area contributed by atoms with E-state index in [1.54, 1.807) is 6.20 Å². The number of aliphatic imine (C=N–C) groups is 1. The Kier molecular flexibility index (Phi) is 5.92. The van der Waals surface area contributed by atoms with Gasteiger partial charge in [-0.1, -0.05) is 31.7 Å². The molecule has 204 valence electrons. The van der Waals surface area contributed by atoms with Crippen LogP contribution >= 0.6 is 0 Å². The number of anilines is 2. The number of aryl methyl sites for hydroxylation is 1. The van der Waals surface area contributed by atoms with Gasteiger partial charge in [0.25, 0.3) is 0 Å². The third kappa shape index (κ3) is 3.83. The average Bonchev–Trinajstić information content (AvgIpc) is 3.72. The highest BCUT2D eigenvalue weighted by molar-refractivity contribution is 6.11. The Bertz CT molecular complexity index is 1580. The van der Waals surface area contributed by atoms with Gasteiger partial charge in [-0.3, -0.25) is 10.1 Å². The number of aromatic nitrogens is 5. The second-order valence-corrected chi connectivity index (χ2v) is 11.3. The van der Waals surface area contributed by atoms with Crippen LogP contribution in [0.1, 0.15) is 60.9 Å². The molecule has 0 saturated carbocycles. The van der Waals surface area contributed by atoms with Crippen LogP contribution in [-0.2, 0) is 19.4 Å². The van der Waals surface area contributed by atoms with Crippen molar-refractivity contribution < 1.29 is 0 Å². The lowest BCUT2D eigenvalue weighted by Gasteiger charge is -2.42. The number of benzene rings is 1. The summed E-state index contributed by atoms with van der Waals surface area (Å²) in [5.74, 6) is 1.86. The van der Waals surface area contributed by atoms with E-state index in [-0.39, 0.29) is 18.9 Å². The zero-order valence-electron chi connectivity index (χ0n) is 21.8. The number of nitrogens with two attached hydrogens (primary N) is 1. The van der Waals surface area contributed by atoms with E-state index in [0.29, 0.717) is 6.54 Å². The standard InChI is InChI=1S/C30H31N9.CH4/c31-28-20-5-2-1-4-19(20)16-30(28)10-14-38(15-11-30)26-18-32-27-24(36-26)17-33-29(27)39-13-3-6-23-25(39)8-7-21(35-23)22-9-12-34-37-22;/h1-2,4-5,7-9,12,18,28H,3,6,10-11,13-17,31H2,(H,34,37);1H4/t28-;/m0./s1. The molecule has 40 heavy (non-hydrogen) atoms. The minimum atomic E-state index is 0. The normalized spacial score (nSPS) is 20.5. The topological polar surface area (TPSA) is 112 Å². The number of aromatic amines is 1. The Balaban J connectivity index is 0.00000264. The molecule has 3 aromatic heterocycles. The number of pyridine rings is 1. The Hall–Kier alpha value is -4.11. The van der Waals surface area contributed by atoms with E-state index in [0.717, 1.165) is 97.5 Å². The van der Waals surface area contributed by atoms with Crippen LogP contribution in [0.3, 0.4) is 0 Å². The summed E-state index contributed by atoms with van der Waals surface area (Å²) in [6.45, 7) is 3.37. The van der Waals surface area contributed by atoms with Crippen LogP contribution in [0, 0.1) is 5.41 Å². The minimum absolute atomic E-state index is 0. The molecule has 4 aromatic rings. The summed E-state index contributed by atoms with van der Waals surface area (Å²) in [5.41, 5.74) is 15.6. The summed E-state index contributed by atoms with van der Waals surface area (Å²) < 4.78 is 0. The molecule has 1 saturated heterocycles. The summed E-state index contributed by atoms with van der Waals surface area (Å²) in [7, 11) is 0. The highest BCUT2D eigenvalue weighted by Gasteiger charge is 2.46. The van der Waals surface area contributed by atoms with Crippen molar-refractivity contribution in [3.8, 4) is 11.4 Å². The van der Waals surface area contributed by atoms with Gasteiger partial charge in [0.15, 0.2) is 5.84 Å². The molecule has 4 aliphatic rings. The van der Waals surface area contributed by atoms with Gasteiger partial charge in [0.2, 0.25) is 0 Å². The molecule has 1 aliphatic carbocycles. The lowest BCUT2D eigenvalue weighted by molar-refractivity contribution is 0.187. The molecular formula is C31H35N9. The number of H-pyrrole nitrogens is 1. The summed E-state index contributed by atoms with van der Waals surface area (Å²) in [5, 5.41) is 7.08. The van der Waals surface area contributed by atoms with Gasteiger partial charge in [0, 0.05) is 31.9 Å². The van der Waals surface area contributed by atoms with E-state index in [4.69, 9.17) is 25.7 Å². The van der Waals surface area contributed by atoms with Crippen LogP contribution < -0.4 is 15.5 Å². The van der Waals surface area contributed by atoms with Crippen LogP contribution in [0.2, 0.25) is 0 Å². The smallest absolute Gasteiger partial charge is 0.156 e. The SMILES string of the molecule is C.N[C@H]1c2ccccc2CC12CCN(c1cnc3c(n1)CN=C3N1CCCc3nc(-c4ccn[nH]4)ccc31)CC2. The molecule has 9 heteroatoms. The van der Waals surface area contributed by atoms with Crippen LogP contribution in [0.15, 0.2) is 59.9 Å². The largest absolute Gasteiger partial charge is 0.355 e. The number of hydrogen-bond acceptors (Lipinski definition) is 8. The van der Waals surface area contributed by atoms with Gasteiger partial charge >= 0.3 is 0 Å². The second kappa shape index (κ2) is 9.52. The van der Waals surface area contributed by atoms with Crippen molar-refractivity contribution in [3.63, 3.8) is 0 Å². The molecule has 3 N–H and O–H groups in total. The fourth-order valence-corrected chi connectivity index (χ4v) is 7.01. The van der Waals surface area contributed by atoms with Crippen molar-refractivity contribution in [3.05, 3.63) is 83.1 Å². The molecule has 0 radical (unpaired) electrons. The predicted molar refractivity (Wildman–Crippen MR) is 157 cm³/mol. The maximum absolute atomic E-state index is 6.79. The van der Waals surface area contributed by atoms with Crippen LogP contribution in [0.25, 0.3) is 11.4 Å². The van der Waals surface area contributed by atoms with E-state index >= 15 is 0 Å². The number of nitrogens with one attached hydrogen (secondary N) is 1. The summed E-state index contributed by atoms with van der Waals surface area (Å²) >= 11 is 0. The maximum atomic E-state index is 6.79. The first-order chi connectivity index (χ1) is 19.2. The molecule has 6 heterocycles. The molecule has 1 atom stereocenters. The van der Waals surface area contributed by atoms with Gasteiger partial charge in [-0.15, -0.1) is 0 Å². The lowest BCUT2D eigenvalue weighted by Crippen LogP contribution is -2.44. The first-order valence-corrected chi connectivity index (χ1v) is 13.9. The van der Waals surface area contributed by atoms with Crippen molar-refractivity contribution in [1.29, 1.82) is 0 Å². The monoisotopic (exact) mass is 533 g/mol. The second-order valence-electron chi connectivity index (χ2n) is 11.3. The average molecular weight is 534 g/mol. The van der Waals surface area contributed by atoms with Crippen molar-refractivity contribution in [2.75, 3.05) is 29.4 Å². The van der Waals surface area contributed by atoms with Gasteiger partial charge in [0.05, 0.1) is 41.2 Å². The van der Waals surface area contributed by atoms with E-state index in [2.05, 4.69) is 50.3 Å². The van der Waals surface area contributed by atoms with E-state index in [1.807, 2.05) is 18.3 Å². The van der Waals surface area contributed by atoms with Gasteiger partial charge in [-0.2, -0.15) is 5.10 Å². The quantitative estimate of drug-likeness (QED) is 0.391. The lowest BCUT2D eigenvalue weighted by atomic mass is 9.73. The molecular weight excluding hydrogens is 498 g/mol. The van der Waals surface area contributed by atoms with Crippen molar-refractivity contribution in [2.45, 2.75) is 52.1 Å². The first-order valence-electron chi connectivity index (χ1n) is 13.9. The van der Waals surface area contributed by atoms with Crippen LogP contribution in [0.4, 0.5) is 11.5 Å². The van der Waals surface area contributed by atoms with Crippen molar-refractivity contribution in [1.82, 2.24) is 25.1 Å². The number of hydrogen-bond donors (Lipinski definition) is 2. The summed E-state index contributed by atoms with van der Waals surface area (Å²) in [6.07, 6.45) is 8.89. The Morgan fingerprint density at radius 3 is 2.67 bits per heavy atom. The van der Waals surface area contributed by atoms with Gasteiger partial charge in [0.1, 0.15) is 11.5 Å². The molecule has 1 aromatic carbocycles. The van der Waals surface area contributed by atoms with E-state index < -0.39 is 0 Å². The zero-order valence-corrected chi connectivity index (χ0v) is 21.8. The maximum Gasteiger partial charge on any atom is 0.156 e. The third-order valence-corrected chi connectivity index (χ3v) is 9.17. The molecule has 9 nitrogen and oxygen atoms in total. The number of fused-ring (bicyclic) bond motifs is 3. The van der Waals surface area contributed by atoms with Crippen molar-refractivity contribution >= 4 is 17.3 Å². The fraction of sp³-hybridized carbons (Fsp3) is 0.387. The zero-order chi connectivity index (χ0) is 26.0. The molecule has 3 aliphatic heterocycles. The predicted octanol–water partition coefficient (Wildman–Crippen LogP) is 4.45. The first kappa shape index (κ1) is 24.9. The number of piperidine rings is 1. The fourth-order valence-electron chi connectivity index (χ4n) is 7.01. The minimum Gasteiger partial charge on any atom is -0.355 e. The molecule has 0 bridgehead atoms. The molecule has 8 rings (SSSR count). The molecule has 1 spiro atoms. The van der Waals surface area contributed by atoms with E-state index in [1.165, 1.54) is 11.1 Å². The summed E-state index contributed by atoms with van der Waals surface area (Å²) in [6, 6.07) is 15.0. The number of nitrogens with zero attached hydrogens (tertiary/aromatic N) is 7. The van der Waals surface area contributed by atoms with Crippen LogP contribution in [-0.4, -0.2) is 50.6 Å². The molecule has 0 unspecified atom stereocenters. The van der Waals surface area contributed by atoms with Crippen LogP contribution in [0.5, 0.6) is 0 Å². The van der Waals surface area contributed by atoms with Crippen molar-refractivity contribution in [2.24, 2.45) is 16.1 Å². The van der Waals surface area contributed by atoms with Gasteiger partial charge in [-0.05, 0) is 66.8 Å². The number of rotatable bonds is 2. The Morgan fingerprint density at radius 1 is 0.975 bits per heavy atom. The van der Waals surface area contributed by atoms with Gasteiger partial charge in [-0.25, -0.2) is 15.0 Å². The number of amidine groups is 1. The molecule has 1 fully saturated rings. The Morgan fingerprint density at radius 2 is 1.85 bits per heavy atom. The molecule has 0 amide bonds. The van der Waals surface area contributed by atoms with Gasteiger partial charge < -0.3 is 15.5 Å². The highest BCUT2D eigenvalue weighted by Crippen LogP contribution is 2.51.